The first-order chi connectivity index (χ1) is 7.66. The van der Waals surface area contributed by atoms with Crippen molar-refractivity contribution < 1.29 is 4.79 Å². The molecule has 0 N–H and O–H groups in total. The van der Waals surface area contributed by atoms with Gasteiger partial charge in [0.15, 0.2) is 0 Å². The van der Waals surface area contributed by atoms with Crippen LogP contribution in [0, 0.1) is 0 Å². The van der Waals surface area contributed by atoms with E-state index in [9.17, 15) is 4.79 Å². The molecule has 1 unspecified atom stereocenters. The summed E-state index contributed by atoms with van der Waals surface area (Å²) in [6.07, 6.45) is 2.36. The van der Waals surface area contributed by atoms with Gasteiger partial charge in [0.1, 0.15) is 0 Å². The van der Waals surface area contributed by atoms with Gasteiger partial charge in [0.05, 0.1) is 0 Å². The Balaban J connectivity index is 1.82. The van der Waals surface area contributed by atoms with E-state index in [0.717, 1.165) is 39.3 Å². The number of hydrogen-bond acceptors (Lipinski definition) is 3. The Hall–Kier alpha value is -0.610. The Morgan fingerprint density at radius 3 is 2.50 bits per heavy atom. The third-order valence-corrected chi connectivity index (χ3v) is 3.85. The summed E-state index contributed by atoms with van der Waals surface area (Å²) in [6.45, 7) is 8.36. The van der Waals surface area contributed by atoms with Crippen LogP contribution in [0.5, 0.6) is 0 Å². The summed E-state index contributed by atoms with van der Waals surface area (Å²) >= 11 is 0. The highest BCUT2D eigenvalue weighted by atomic mass is 16.2. The lowest BCUT2D eigenvalue weighted by atomic mass is 10.2. The van der Waals surface area contributed by atoms with Crippen LogP contribution in [0.15, 0.2) is 0 Å². The Kier molecular flexibility index (Phi) is 3.82. The van der Waals surface area contributed by atoms with E-state index in [2.05, 4.69) is 21.7 Å². The molecule has 0 aromatic carbocycles. The van der Waals surface area contributed by atoms with Crippen molar-refractivity contribution in [2.45, 2.75) is 25.8 Å². The van der Waals surface area contributed by atoms with E-state index in [4.69, 9.17) is 0 Å². The number of carbonyl (C=O) groups excluding carboxylic acids is 1. The van der Waals surface area contributed by atoms with Crippen molar-refractivity contribution in [3.05, 3.63) is 0 Å². The first kappa shape index (κ1) is 11.9. The molecule has 4 heteroatoms. The van der Waals surface area contributed by atoms with Crippen LogP contribution in [0.2, 0.25) is 0 Å². The molecule has 2 rings (SSSR count). The van der Waals surface area contributed by atoms with Gasteiger partial charge >= 0.3 is 0 Å². The largest absolute Gasteiger partial charge is 0.339 e. The molecule has 4 nitrogen and oxygen atoms in total. The van der Waals surface area contributed by atoms with Crippen LogP contribution in [0.1, 0.15) is 19.8 Å². The third-order valence-electron chi connectivity index (χ3n) is 3.85. The number of rotatable bonds is 2. The average Bonchev–Trinajstić information content (AvgIpc) is 2.69. The normalized spacial score (nSPS) is 28.6. The molecule has 0 saturated carbocycles. The molecule has 2 fully saturated rings. The van der Waals surface area contributed by atoms with Crippen molar-refractivity contribution in [1.29, 1.82) is 0 Å². The van der Waals surface area contributed by atoms with Gasteiger partial charge in [-0.3, -0.25) is 9.69 Å². The SMILES string of the molecule is CC(=O)N1CCCC1CN1CCN(C)CC1. The molecule has 1 amide bonds. The van der Waals surface area contributed by atoms with Crippen molar-refractivity contribution in [3.63, 3.8) is 0 Å². The summed E-state index contributed by atoms with van der Waals surface area (Å²) in [6, 6.07) is 0.473. The summed E-state index contributed by atoms with van der Waals surface area (Å²) < 4.78 is 0. The first-order valence-corrected chi connectivity index (χ1v) is 6.35. The minimum atomic E-state index is 0.247. The molecule has 0 bridgehead atoms. The van der Waals surface area contributed by atoms with Crippen LogP contribution in [0.3, 0.4) is 0 Å². The standard InChI is InChI=1S/C12H23N3O/c1-11(16)15-5-3-4-12(15)10-14-8-6-13(2)7-9-14/h12H,3-10H2,1-2H3. The van der Waals surface area contributed by atoms with E-state index < -0.39 is 0 Å². The molecule has 0 aliphatic carbocycles. The fourth-order valence-corrected chi connectivity index (χ4v) is 2.77. The van der Waals surface area contributed by atoms with Crippen LogP contribution in [0.25, 0.3) is 0 Å². The van der Waals surface area contributed by atoms with E-state index >= 15 is 0 Å². The molecular formula is C12H23N3O. The second-order valence-corrected chi connectivity index (χ2v) is 5.11. The molecule has 2 aliphatic rings. The summed E-state index contributed by atoms with van der Waals surface area (Å²) in [4.78, 5) is 18.4. The van der Waals surface area contributed by atoms with Gasteiger partial charge in [-0.1, -0.05) is 0 Å². The molecule has 0 aromatic rings. The smallest absolute Gasteiger partial charge is 0.219 e. The highest BCUT2D eigenvalue weighted by Gasteiger charge is 2.28. The average molecular weight is 225 g/mol. The minimum absolute atomic E-state index is 0.247. The molecular weight excluding hydrogens is 202 g/mol. The Morgan fingerprint density at radius 1 is 1.19 bits per heavy atom. The van der Waals surface area contributed by atoms with Crippen LogP contribution >= 0.6 is 0 Å². The Labute approximate surface area is 98.2 Å². The highest BCUT2D eigenvalue weighted by molar-refractivity contribution is 5.73. The van der Waals surface area contributed by atoms with Gasteiger partial charge in [-0.25, -0.2) is 0 Å². The third kappa shape index (κ3) is 2.74. The summed E-state index contributed by atoms with van der Waals surface area (Å²) in [5.74, 6) is 0.247. The van der Waals surface area contributed by atoms with Crippen molar-refractivity contribution in [3.8, 4) is 0 Å². The monoisotopic (exact) mass is 225 g/mol. The van der Waals surface area contributed by atoms with E-state index in [1.165, 1.54) is 12.8 Å². The van der Waals surface area contributed by atoms with Crippen molar-refractivity contribution in [1.82, 2.24) is 14.7 Å². The maximum Gasteiger partial charge on any atom is 0.219 e. The van der Waals surface area contributed by atoms with Crippen LogP contribution in [-0.2, 0) is 4.79 Å². The zero-order valence-corrected chi connectivity index (χ0v) is 10.5. The molecule has 92 valence electrons. The summed E-state index contributed by atoms with van der Waals surface area (Å²) in [7, 11) is 2.18. The van der Waals surface area contributed by atoms with Crippen LogP contribution in [0.4, 0.5) is 0 Å². The lowest BCUT2D eigenvalue weighted by Gasteiger charge is -2.35. The number of carbonyl (C=O) groups is 1. The molecule has 2 heterocycles. The number of nitrogens with zero attached hydrogens (tertiary/aromatic N) is 3. The number of likely N-dealkylation sites (tertiary alicyclic amines) is 1. The van der Waals surface area contributed by atoms with Gasteiger partial charge in [0, 0.05) is 52.2 Å². The molecule has 0 radical (unpaired) electrons. The topological polar surface area (TPSA) is 26.8 Å². The van der Waals surface area contributed by atoms with Gasteiger partial charge in [-0.2, -0.15) is 0 Å². The predicted octanol–water partition coefficient (Wildman–Crippen LogP) is 0.245. The van der Waals surface area contributed by atoms with Gasteiger partial charge in [-0.05, 0) is 19.9 Å². The van der Waals surface area contributed by atoms with Crippen molar-refractivity contribution in [2.24, 2.45) is 0 Å². The van der Waals surface area contributed by atoms with Gasteiger partial charge < -0.3 is 9.80 Å². The number of amides is 1. The fraction of sp³-hybridized carbons (Fsp3) is 0.917. The number of likely N-dealkylation sites (N-methyl/N-ethyl adjacent to an activating group) is 1. The maximum atomic E-state index is 11.4. The fourth-order valence-electron chi connectivity index (χ4n) is 2.77. The Morgan fingerprint density at radius 2 is 1.88 bits per heavy atom. The van der Waals surface area contributed by atoms with Crippen LogP contribution < -0.4 is 0 Å². The van der Waals surface area contributed by atoms with Gasteiger partial charge in [0.25, 0.3) is 0 Å². The lowest BCUT2D eigenvalue weighted by Crippen LogP contribution is -2.49. The maximum absolute atomic E-state index is 11.4. The minimum Gasteiger partial charge on any atom is -0.339 e. The number of hydrogen-bond donors (Lipinski definition) is 0. The van der Waals surface area contributed by atoms with E-state index in [1.54, 1.807) is 6.92 Å². The second kappa shape index (κ2) is 5.15. The second-order valence-electron chi connectivity index (χ2n) is 5.11. The molecule has 0 spiro atoms. The molecule has 2 aliphatic heterocycles. The molecule has 16 heavy (non-hydrogen) atoms. The van der Waals surface area contributed by atoms with Gasteiger partial charge in [-0.15, -0.1) is 0 Å². The molecule has 0 aromatic heterocycles. The van der Waals surface area contributed by atoms with E-state index in [1.807, 2.05) is 0 Å². The molecule has 2 saturated heterocycles. The van der Waals surface area contributed by atoms with Crippen LogP contribution in [-0.4, -0.2) is 73.0 Å². The quantitative estimate of drug-likeness (QED) is 0.674. The Bertz CT molecular complexity index is 249. The predicted molar refractivity (Wildman–Crippen MR) is 64.3 cm³/mol. The zero-order valence-electron chi connectivity index (χ0n) is 10.5. The first-order valence-electron chi connectivity index (χ1n) is 6.35. The van der Waals surface area contributed by atoms with Crippen molar-refractivity contribution in [2.75, 3.05) is 46.3 Å². The molecule has 1 atom stereocenters. The van der Waals surface area contributed by atoms with E-state index in [-0.39, 0.29) is 5.91 Å². The van der Waals surface area contributed by atoms with Gasteiger partial charge in [0.2, 0.25) is 5.91 Å². The lowest BCUT2D eigenvalue weighted by molar-refractivity contribution is -0.130. The number of piperazine rings is 1. The van der Waals surface area contributed by atoms with Crippen molar-refractivity contribution >= 4 is 5.91 Å². The summed E-state index contributed by atoms with van der Waals surface area (Å²) in [5.41, 5.74) is 0. The zero-order chi connectivity index (χ0) is 11.5. The van der Waals surface area contributed by atoms with E-state index in [0.29, 0.717) is 6.04 Å². The highest BCUT2D eigenvalue weighted by Crippen LogP contribution is 2.18. The summed E-state index contributed by atoms with van der Waals surface area (Å²) in [5, 5.41) is 0.